The zero-order valence-electron chi connectivity index (χ0n) is 21.6. The first kappa shape index (κ1) is 24.2. The lowest BCUT2D eigenvalue weighted by Gasteiger charge is -2.37. The van der Waals surface area contributed by atoms with Crippen LogP contribution in [0, 0.1) is 11.2 Å². The molecule has 3 aliphatic rings. The molecular weight excluding hydrogens is 505 g/mol. The number of Topliss-reactive ketones (excluding diaryl/α,β-unsaturated/α-hetero) is 3. The van der Waals surface area contributed by atoms with Crippen molar-refractivity contribution in [3.63, 3.8) is 0 Å². The first-order chi connectivity index (χ1) is 19.5. The fourth-order valence-electron chi connectivity index (χ4n) is 6.93. The van der Waals surface area contributed by atoms with E-state index in [1.54, 1.807) is 92.1 Å². The Labute approximate surface area is 230 Å². The van der Waals surface area contributed by atoms with Gasteiger partial charge in [-0.25, -0.2) is 4.39 Å². The van der Waals surface area contributed by atoms with Crippen LogP contribution >= 0.6 is 0 Å². The third-order valence-corrected chi connectivity index (χ3v) is 8.55. The van der Waals surface area contributed by atoms with Gasteiger partial charge in [0.25, 0.3) is 0 Å². The third kappa shape index (κ3) is 3.16. The van der Waals surface area contributed by atoms with Crippen molar-refractivity contribution in [1.29, 1.82) is 0 Å². The van der Waals surface area contributed by atoms with E-state index in [2.05, 4.69) is 0 Å². The third-order valence-electron chi connectivity index (χ3n) is 8.55. The Kier molecular flexibility index (Phi) is 5.36. The lowest BCUT2D eigenvalue weighted by Crippen LogP contribution is -2.48. The molecule has 0 N–H and O–H groups in total. The molecule has 1 spiro atoms. The molecule has 5 nitrogen and oxygen atoms in total. The van der Waals surface area contributed by atoms with E-state index in [1.807, 2.05) is 17.0 Å². The quantitative estimate of drug-likeness (QED) is 0.234. The Morgan fingerprint density at radius 1 is 0.850 bits per heavy atom. The number of hydrogen-bond donors (Lipinski definition) is 0. The summed E-state index contributed by atoms with van der Waals surface area (Å²) in [6.07, 6.45) is 3.54. The monoisotopic (exact) mass is 529 g/mol. The van der Waals surface area contributed by atoms with Crippen molar-refractivity contribution in [3.8, 4) is 5.75 Å². The molecular formula is C34H24FNO4. The molecule has 1 aliphatic carbocycles. The number of methoxy groups -OCH3 is 1. The molecule has 196 valence electrons. The summed E-state index contributed by atoms with van der Waals surface area (Å²) >= 11 is 0. The second-order valence-corrected chi connectivity index (χ2v) is 10.4. The van der Waals surface area contributed by atoms with Gasteiger partial charge in [0, 0.05) is 33.9 Å². The van der Waals surface area contributed by atoms with Crippen molar-refractivity contribution in [2.45, 2.75) is 18.0 Å². The molecule has 1 saturated heterocycles. The smallest absolute Gasteiger partial charge is 0.185 e. The minimum Gasteiger partial charge on any atom is -0.497 e. The Bertz CT molecular complexity index is 1710. The average Bonchev–Trinajstić information content (AvgIpc) is 3.43. The molecule has 0 amide bonds. The standard InChI is InChI=1S/C34H24FNO4/c1-40-24-11-7-10-22(19-24)29-30(31(37)20-8-3-2-4-9-20)36-27-16-15-23(35)18-21(27)14-17-28(36)34(29)32(38)25-12-5-6-13-26(25)33(34)39/h2-19,28-30H,1H3/t28-,29+,30+/m1/s1. The highest BCUT2D eigenvalue weighted by Crippen LogP contribution is 2.61. The fourth-order valence-corrected chi connectivity index (χ4v) is 6.93. The van der Waals surface area contributed by atoms with E-state index < -0.39 is 29.2 Å². The molecule has 0 unspecified atom stereocenters. The Hall–Kier alpha value is -4.84. The zero-order valence-corrected chi connectivity index (χ0v) is 21.6. The van der Waals surface area contributed by atoms with Crippen LogP contribution in [-0.2, 0) is 0 Å². The number of anilines is 1. The van der Waals surface area contributed by atoms with Crippen molar-refractivity contribution in [1.82, 2.24) is 0 Å². The molecule has 2 heterocycles. The van der Waals surface area contributed by atoms with Crippen LogP contribution in [0.25, 0.3) is 6.08 Å². The summed E-state index contributed by atoms with van der Waals surface area (Å²) in [5, 5.41) is 0. The molecule has 7 rings (SSSR count). The molecule has 1 fully saturated rings. The lowest BCUT2D eigenvalue weighted by atomic mass is 9.64. The first-order valence-electron chi connectivity index (χ1n) is 13.1. The maximum Gasteiger partial charge on any atom is 0.185 e. The van der Waals surface area contributed by atoms with Crippen LogP contribution in [0.1, 0.15) is 48.1 Å². The highest BCUT2D eigenvalue weighted by Gasteiger charge is 2.71. The molecule has 0 radical (unpaired) electrons. The molecule has 0 bridgehead atoms. The summed E-state index contributed by atoms with van der Waals surface area (Å²) < 4.78 is 19.9. The Morgan fingerprint density at radius 3 is 2.25 bits per heavy atom. The second kappa shape index (κ2) is 8.85. The van der Waals surface area contributed by atoms with E-state index in [1.165, 1.54) is 12.1 Å². The topological polar surface area (TPSA) is 63.7 Å². The average molecular weight is 530 g/mol. The summed E-state index contributed by atoms with van der Waals surface area (Å²) in [6.45, 7) is 0. The van der Waals surface area contributed by atoms with E-state index in [4.69, 9.17) is 4.74 Å². The van der Waals surface area contributed by atoms with E-state index in [9.17, 15) is 18.8 Å². The largest absolute Gasteiger partial charge is 0.497 e. The maximum atomic E-state index is 14.6. The second-order valence-electron chi connectivity index (χ2n) is 10.4. The van der Waals surface area contributed by atoms with E-state index in [-0.39, 0.29) is 17.3 Å². The fraction of sp³-hybridized carbons (Fsp3) is 0.147. The van der Waals surface area contributed by atoms with Gasteiger partial charge >= 0.3 is 0 Å². The molecule has 2 aliphatic heterocycles. The molecule has 40 heavy (non-hydrogen) atoms. The highest BCUT2D eigenvalue weighted by molar-refractivity contribution is 6.32. The number of ketones is 3. The molecule has 0 aromatic heterocycles. The normalized spacial score (nSPS) is 21.8. The number of rotatable bonds is 4. The molecule has 6 heteroatoms. The number of hydrogen-bond acceptors (Lipinski definition) is 5. The van der Waals surface area contributed by atoms with E-state index in [0.717, 1.165) is 0 Å². The lowest BCUT2D eigenvalue weighted by molar-refractivity contribution is 0.0665. The van der Waals surface area contributed by atoms with Crippen LogP contribution < -0.4 is 9.64 Å². The Balaban J connectivity index is 1.56. The number of halogens is 1. The summed E-state index contributed by atoms with van der Waals surface area (Å²) in [4.78, 5) is 45.6. The molecule has 4 aromatic carbocycles. The van der Waals surface area contributed by atoms with Crippen molar-refractivity contribution >= 4 is 29.1 Å². The molecule has 4 aromatic rings. The summed E-state index contributed by atoms with van der Waals surface area (Å²) in [5.74, 6) is -1.56. The maximum absolute atomic E-state index is 14.6. The van der Waals surface area contributed by atoms with E-state index in [0.29, 0.717) is 39.3 Å². The van der Waals surface area contributed by atoms with Crippen LogP contribution in [0.5, 0.6) is 5.75 Å². The van der Waals surface area contributed by atoms with Gasteiger partial charge in [0.1, 0.15) is 23.0 Å². The van der Waals surface area contributed by atoms with Crippen LogP contribution in [0.3, 0.4) is 0 Å². The van der Waals surface area contributed by atoms with Crippen LogP contribution in [0.2, 0.25) is 0 Å². The van der Waals surface area contributed by atoms with Gasteiger partial charge in [-0.3, -0.25) is 14.4 Å². The van der Waals surface area contributed by atoms with Gasteiger partial charge in [-0.1, -0.05) is 78.9 Å². The molecule has 0 saturated carbocycles. The van der Waals surface area contributed by atoms with Gasteiger partial charge in [0.2, 0.25) is 0 Å². The van der Waals surface area contributed by atoms with Crippen molar-refractivity contribution < 1.29 is 23.5 Å². The Morgan fingerprint density at radius 2 is 1.55 bits per heavy atom. The zero-order chi connectivity index (χ0) is 27.6. The van der Waals surface area contributed by atoms with Gasteiger partial charge in [0.05, 0.1) is 13.2 Å². The number of ether oxygens (including phenoxy) is 1. The van der Waals surface area contributed by atoms with Crippen LogP contribution in [0.15, 0.2) is 103 Å². The van der Waals surface area contributed by atoms with Gasteiger partial charge in [0.15, 0.2) is 17.3 Å². The summed E-state index contributed by atoms with van der Waals surface area (Å²) in [6, 6.07) is 25.7. The van der Waals surface area contributed by atoms with Crippen LogP contribution in [0.4, 0.5) is 10.1 Å². The number of benzene rings is 4. The van der Waals surface area contributed by atoms with Crippen LogP contribution in [-0.4, -0.2) is 36.5 Å². The van der Waals surface area contributed by atoms with Gasteiger partial charge in [-0.15, -0.1) is 0 Å². The predicted octanol–water partition coefficient (Wildman–Crippen LogP) is 6.15. The van der Waals surface area contributed by atoms with Crippen molar-refractivity contribution in [2.75, 3.05) is 12.0 Å². The number of nitrogens with zero attached hydrogens (tertiary/aromatic N) is 1. The minimum absolute atomic E-state index is 0.225. The SMILES string of the molecule is COc1cccc([C@H]2[C@@H](C(=O)c3ccccc3)N3c4ccc(F)cc4C=C[C@@H]3C23C(=O)c2ccccc2C3=O)c1. The van der Waals surface area contributed by atoms with Crippen molar-refractivity contribution in [3.05, 3.63) is 137 Å². The van der Waals surface area contributed by atoms with Crippen molar-refractivity contribution in [2.24, 2.45) is 5.41 Å². The van der Waals surface area contributed by atoms with Gasteiger partial charge in [-0.2, -0.15) is 0 Å². The molecule has 3 atom stereocenters. The summed E-state index contributed by atoms with van der Waals surface area (Å²) in [5.41, 5.74) is 1.38. The van der Waals surface area contributed by atoms with Gasteiger partial charge in [-0.05, 0) is 35.9 Å². The predicted molar refractivity (Wildman–Crippen MR) is 150 cm³/mol. The highest BCUT2D eigenvalue weighted by atomic mass is 19.1. The first-order valence-corrected chi connectivity index (χ1v) is 13.1. The number of carbonyl (C=O) groups is 3. The number of carbonyl (C=O) groups excluding carboxylic acids is 3. The minimum atomic E-state index is -1.62. The summed E-state index contributed by atoms with van der Waals surface area (Å²) in [7, 11) is 1.55. The number of fused-ring (bicyclic) bond motifs is 5. The van der Waals surface area contributed by atoms with Gasteiger partial charge < -0.3 is 9.64 Å². The van der Waals surface area contributed by atoms with E-state index >= 15 is 0 Å².